The van der Waals surface area contributed by atoms with E-state index in [9.17, 15) is 26.7 Å². The van der Waals surface area contributed by atoms with Gasteiger partial charge in [-0.1, -0.05) is 0 Å². The highest BCUT2D eigenvalue weighted by Crippen LogP contribution is 2.39. The largest absolute Gasteiger partial charge is 0.456 e. The van der Waals surface area contributed by atoms with E-state index in [2.05, 4.69) is 4.74 Å². The maximum absolute atomic E-state index is 12.8. The highest BCUT2D eigenvalue weighted by molar-refractivity contribution is 5.68. The number of carbonyl (C=O) groups excluding carboxylic acids is 1. The first-order valence-corrected chi connectivity index (χ1v) is 5.30. The lowest BCUT2D eigenvalue weighted by Crippen LogP contribution is -2.56. The Labute approximate surface area is 106 Å². The first kappa shape index (κ1) is 17.9. The Balaban J connectivity index is 4.68. The number of aliphatic hydroxyl groups is 1. The number of amides is 1. The van der Waals surface area contributed by atoms with Crippen LogP contribution in [0.15, 0.2) is 0 Å². The number of nitrogens with one attached hydrogen (secondary N) is 1. The molecule has 0 heterocycles. The minimum atomic E-state index is -5.91. The van der Waals surface area contributed by atoms with Crippen molar-refractivity contribution in [3.05, 3.63) is 0 Å². The van der Waals surface area contributed by atoms with Crippen LogP contribution in [-0.4, -0.2) is 41.0 Å². The predicted molar refractivity (Wildman–Crippen MR) is 55.8 cm³/mol. The quantitative estimate of drug-likeness (QED) is 0.786. The van der Waals surface area contributed by atoms with E-state index in [1.54, 1.807) is 5.32 Å². The van der Waals surface area contributed by atoms with Crippen LogP contribution in [0.2, 0.25) is 0 Å². The number of carbonyl (C=O) groups is 1. The van der Waals surface area contributed by atoms with Crippen LogP contribution in [0, 0.1) is 0 Å². The fourth-order valence-electron chi connectivity index (χ4n) is 1.05. The van der Waals surface area contributed by atoms with Gasteiger partial charge in [-0.05, 0) is 27.7 Å². The lowest BCUT2D eigenvalue weighted by atomic mass is 10.1. The number of aliphatic hydroxyl groups excluding tert-OH is 1. The number of hydrogen-bond acceptors (Lipinski definition) is 3. The minimum Gasteiger partial charge on any atom is -0.444 e. The maximum atomic E-state index is 12.8. The van der Waals surface area contributed by atoms with Gasteiger partial charge in [0.1, 0.15) is 11.7 Å². The molecule has 0 aromatic carbocycles. The second-order valence-electron chi connectivity index (χ2n) is 5.00. The molecule has 0 spiro atoms. The zero-order valence-corrected chi connectivity index (χ0v) is 10.8. The zero-order valence-electron chi connectivity index (χ0n) is 10.8. The van der Waals surface area contributed by atoms with E-state index < -0.39 is 35.9 Å². The first-order chi connectivity index (χ1) is 8.18. The van der Waals surface area contributed by atoms with Gasteiger partial charge in [0, 0.05) is 0 Å². The lowest BCUT2D eigenvalue weighted by Gasteiger charge is -2.30. The molecule has 0 saturated carbocycles. The van der Waals surface area contributed by atoms with Crippen molar-refractivity contribution in [1.29, 1.82) is 0 Å². The summed E-state index contributed by atoms with van der Waals surface area (Å²) in [6.07, 6.45) is -10.2. The number of alkyl carbamates (subject to hydrolysis) is 1. The maximum Gasteiger partial charge on any atom is 0.456 e. The van der Waals surface area contributed by atoms with Crippen molar-refractivity contribution in [2.45, 2.75) is 57.5 Å². The number of hydrogen-bond donors (Lipinski definition) is 2. The molecule has 114 valence electrons. The fourth-order valence-corrected chi connectivity index (χ4v) is 1.05. The Morgan fingerprint density at radius 3 is 1.89 bits per heavy atom. The van der Waals surface area contributed by atoms with Gasteiger partial charge in [0.15, 0.2) is 0 Å². The summed E-state index contributed by atoms with van der Waals surface area (Å²) in [5, 5.41) is 10.7. The van der Waals surface area contributed by atoms with Gasteiger partial charge in [-0.3, -0.25) is 0 Å². The van der Waals surface area contributed by atoms with Crippen LogP contribution in [0.25, 0.3) is 0 Å². The van der Waals surface area contributed by atoms with Crippen LogP contribution in [0.4, 0.5) is 26.7 Å². The number of ether oxygens (including phenoxy) is 1. The molecular weight excluding hydrogens is 277 g/mol. The van der Waals surface area contributed by atoms with Gasteiger partial charge in [0.2, 0.25) is 0 Å². The predicted octanol–water partition coefficient (Wildman–Crippen LogP) is 2.46. The van der Waals surface area contributed by atoms with Crippen molar-refractivity contribution < 1.29 is 36.6 Å². The van der Waals surface area contributed by atoms with E-state index >= 15 is 0 Å². The Morgan fingerprint density at radius 1 is 1.16 bits per heavy atom. The second kappa shape index (κ2) is 5.48. The molecular formula is C10H16F5NO3. The van der Waals surface area contributed by atoms with E-state index in [4.69, 9.17) is 5.11 Å². The highest BCUT2D eigenvalue weighted by Gasteiger charge is 2.63. The molecule has 0 aromatic rings. The van der Waals surface area contributed by atoms with Crippen molar-refractivity contribution in [3.63, 3.8) is 0 Å². The third kappa shape index (κ3) is 5.17. The summed E-state index contributed by atoms with van der Waals surface area (Å²) in [6, 6.07) is -1.84. The van der Waals surface area contributed by atoms with Gasteiger partial charge in [0.05, 0.1) is 6.04 Å². The third-order valence-electron chi connectivity index (χ3n) is 1.97. The van der Waals surface area contributed by atoms with E-state index in [1.165, 1.54) is 20.8 Å². The highest BCUT2D eigenvalue weighted by atomic mass is 19.4. The van der Waals surface area contributed by atoms with E-state index in [0.717, 1.165) is 6.92 Å². The molecule has 0 aromatic heterocycles. The summed E-state index contributed by atoms with van der Waals surface area (Å²) >= 11 is 0. The third-order valence-corrected chi connectivity index (χ3v) is 1.97. The molecule has 4 nitrogen and oxygen atoms in total. The van der Waals surface area contributed by atoms with Gasteiger partial charge in [-0.25, -0.2) is 4.79 Å². The van der Waals surface area contributed by atoms with Crippen molar-refractivity contribution >= 4 is 6.09 Å². The minimum absolute atomic E-state index is 0.814. The van der Waals surface area contributed by atoms with Crippen LogP contribution in [0.1, 0.15) is 27.7 Å². The molecule has 2 atom stereocenters. The number of halogens is 5. The van der Waals surface area contributed by atoms with Crippen LogP contribution in [-0.2, 0) is 4.74 Å². The summed E-state index contributed by atoms with van der Waals surface area (Å²) in [7, 11) is 0. The standard InChI is InChI=1S/C10H16F5NO3/c1-5(16-7(18)19-8(2,3)4)6(17)9(11,12)10(13,14)15/h5-6,17H,1-4H3,(H,16,18). The Kier molecular flexibility index (Phi) is 5.15. The lowest BCUT2D eigenvalue weighted by molar-refractivity contribution is -0.315. The molecule has 0 rings (SSSR count). The summed E-state index contributed by atoms with van der Waals surface area (Å²) in [6.45, 7) is 5.27. The molecule has 0 radical (unpaired) electrons. The molecule has 2 unspecified atom stereocenters. The smallest absolute Gasteiger partial charge is 0.444 e. The van der Waals surface area contributed by atoms with Gasteiger partial charge in [-0.2, -0.15) is 22.0 Å². The average Bonchev–Trinajstić information content (AvgIpc) is 2.10. The molecule has 0 aliphatic heterocycles. The van der Waals surface area contributed by atoms with Crippen molar-refractivity contribution in [1.82, 2.24) is 5.32 Å². The summed E-state index contributed by atoms with van der Waals surface area (Å²) in [5.41, 5.74) is -0.943. The topological polar surface area (TPSA) is 58.6 Å². The monoisotopic (exact) mass is 293 g/mol. The zero-order chi connectivity index (χ0) is 15.6. The van der Waals surface area contributed by atoms with Gasteiger partial charge >= 0.3 is 18.2 Å². The molecule has 0 bridgehead atoms. The molecule has 0 fully saturated rings. The molecule has 9 heteroatoms. The molecule has 0 aliphatic carbocycles. The van der Waals surface area contributed by atoms with E-state index in [1.807, 2.05) is 0 Å². The molecule has 0 saturated heterocycles. The average molecular weight is 293 g/mol. The Morgan fingerprint density at radius 2 is 1.58 bits per heavy atom. The molecule has 1 amide bonds. The van der Waals surface area contributed by atoms with Gasteiger partial charge in [-0.15, -0.1) is 0 Å². The fraction of sp³-hybridized carbons (Fsp3) is 0.900. The summed E-state index contributed by atoms with van der Waals surface area (Å²) < 4.78 is 66.3. The Hall–Kier alpha value is -1.12. The van der Waals surface area contributed by atoms with Crippen molar-refractivity contribution in [2.24, 2.45) is 0 Å². The van der Waals surface area contributed by atoms with Crippen molar-refractivity contribution in [3.8, 4) is 0 Å². The van der Waals surface area contributed by atoms with Crippen LogP contribution < -0.4 is 5.32 Å². The number of rotatable bonds is 3. The van der Waals surface area contributed by atoms with Crippen LogP contribution in [0.3, 0.4) is 0 Å². The summed E-state index contributed by atoms with van der Waals surface area (Å²) in [5.74, 6) is -5.33. The Bertz CT molecular complexity index is 324. The first-order valence-electron chi connectivity index (χ1n) is 5.30. The van der Waals surface area contributed by atoms with Crippen LogP contribution in [0.5, 0.6) is 0 Å². The van der Waals surface area contributed by atoms with Gasteiger partial charge < -0.3 is 15.2 Å². The molecule has 0 aliphatic rings. The van der Waals surface area contributed by atoms with E-state index in [-0.39, 0.29) is 0 Å². The van der Waals surface area contributed by atoms with E-state index in [0.29, 0.717) is 0 Å². The van der Waals surface area contributed by atoms with Gasteiger partial charge in [0.25, 0.3) is 0 Å². The van der Waals surface area contributed by atoms with Crippen molar-refractivity contribution in [2.75, 3.05) is 0 Å². The SMILES string of the molecule is CC(NC(=O)OC(C)(C)C)C(O)C(F)(F)C(F)(F)F. The number of alkyl halides is 5. The summed E-state index contributed by atoms with van der Waals surface area (Å²) in [4.78, 5) is 11.2. The van der Waals surface area contributed by atoms with Crippen LogP contribution >= 0.6 is 0 Å². The molecule has 2 N–H and O–H groups in total. The normalized spacial score (nSPS) is 16.7. The molecule has 19 heavy (non-hydrogen) atoms. The second-order valence-corrected chi connectivity index (χ2v) is 5.00.